The Morgan fingerprint density at radius 1 is 1.10 bits per heavy atom. The minimum atomic E-state index is -5.13. The summed E-state index contributed by atoms with van der Waals surface area (Å²) in [6.45, 7) is 2.49. The van der Waals surface area contributed by atoms with E-state index in [2.05, 4.69) is 9.50 Å². The van der Waals surface area contributed by atoms with Gasteiger partial charge in [-0.2, -0.15) is 8.42 Å². The van der Waals surface area contributed by atoms with Crippen molar-refractivity contribution in [1.29, 1.82) is 0 Å². The number of aliphatic hydroxyl groups is 4. The average molecular weight is 459 g/mol. The van der Waals surface area contributed by atoms with Gasteiger partial charge in [-0.1, -0.05) is 6.92 Å². The Morgan fingerprint density at radius 2 is 1.70 bits per heavy atom. The molecule has 14 nitrogen and oxygen atoms in total. The van der Waals surface area contributed by atoms with Gasteiger partial charge in [0.05, 0.1) is 18.1 Å². The van der Waals surface area contributed by atoms with Crippen LogP contribution in [-0.2, 0) is 33.6 Å². The monoisotopic (exact) mass is 459 g/mol. The SMILES string of the molecule is CC(=O)NC1C(O)OC(OS(=O)(=O)O)C(O)C1OC1CC(C(=O)O)C(C)C(O)C1O. The molecule has 15 heteroatoms. The quantitative estimate of drug-likeness (QED) is 0.192. The highest BCUT2D eigenvalue weighted by Crippen LogP contribution is 2.35. The van der Waals surface area contributed by atoms with E-state index in [-0.39, 0.29) is 6.42 Å². The molecule has 2 aliphatic rings. The van der Waals surface area contributed by atoms with Crippen molar-refractivity contribution >= 4 is 22.3 Å². The predicted octanol–water partition coefficient (Wildman–Crippen LogP) is -3.44. The highest BCUT2D eigenvalue weighted by atomic mass is 32.3. The average Bonchev–Trinajstić information content (AvgIpc) is 2.60. The Morgan fingerprint density at radius 3 is 2.20 bits per heavy atom. The number of aliphatic carboxylic acids is 1. The fourth-order valence-electron chi connectivity index (χ4n) is 3.62. The topological polar surface area (TPSA) is 229 Å². The number of carboxylic acid groups (broad SMARTS) is 1. The van der Waals surface area contributed by atoms with E-state index in [1.54, 1.807) is 0 Å². The van der Waals surface area contributed by atoms with E-state index in [0.29, 0.717) is 0 Å². The van der Waals surface area contributed by atoms with Crippen LogP contribution in [0.5, 0.6) is 0 Å². The largest absolute Gasteiger partial charge is 0.481 e. The lowest BCUT2D eigenvalue weighted by molar-refractivity contribution is -0.312. The molecule has 1 aliphatic heterocycles. The van der Waals surface area contributed by atoms with Crippen LogP contribution in [0.2, 0.25) is 0 Å². The van der Waals surface area contributed by atoms with Gasteiger partial charge in [0.2, 0.25) is 12.2 Å². The van der Waals surface area contributed by atoms with E-state index in [9.17, 15) is 43.5 Å². The minimum Gasteiger partial charge on any atom is -0.481 e. The van der Waals surface area contributed by atoms with E-state index in [4.69, 9.17) is 14.0 Å². The molecule has 174 valence electrons. The zero-order chi connectivity index (χ0) is 23.0. The third-order valence-electron chi connectivity index (χ3n) is 5.18. The molecule has 10 atom stereocenters. The summed E-state index contributed by atoms with van der Waals surface area (Å²) in [5.41, 5.74) is 0. The van der Waals surface area contributed by atoms with Crippen LogP contribution in [0.15, 0.2) is 0 Å². The minimum absolute atomic E-state index is 0.300. The maximum absolute atomic E-state index is 11.5. The molecular formula is C15H25NO13S. The van der Waals surface area contributed by atoms with Gasteiger partial charge in [0.1, 0.15) is 24.4 Å². The standard InChI is InChI=1S/C15H25NO13S/c1-4-6(13(21)22)3-7(10(19)9(4)18)27-12-8(16-5(2)17)14(23)28-15(11(12)20)29-30(24,25)26/h4,6-12,14-15,18-20,23H,3H2,1-2H3,(H,16,17)(H,21,22)(H,24,25,26). The van der Waals surface area contributed by atoms with Gasteiger partial charge in [-0.3, -0.25) is 14.1 Å². The molecular weight excluding hydrogens is 434 g/mol. The summed E-state index contributed by atoms with van der Waals surface area (Å²) in [6.07, 6.45) is -12.6. The number of hydrogen-bond acceptors (Lipinski definition) is 11. The van der Waals surface area contributed by atoms with Crippen molar-refractivity contribution in [3.8, 4) is 0 Å². The van der Waals surface area contributed by atoms with E-state index in [1.165, 1.54) is 6.92 Å². The van der Waals surface area contributed by atoms with Crippen LogP contribution in [0, 0.1) is 11.8 Å². The second-order valence-electron chi connectivity index (χ2n) is 7.30. The number of hydrogen-bond donors (Lipinski definition) is 7. The van der Waals surface area contributed by atoms with Gasteiger partial charge < -0.3 is 40.3 Å². The number of carbonyl (C=O) groups is 2. The summed E-state index contributed by atoms with van der Waals surface area (Å²) in [6, 6.07) is -1.49. The number of nitrogens with one attached hydrogen (secondary N) is 1. The number of aliphatic hydroxyl groups excluding tert-OH is 4. The second kappa shape index (κ2) is 9.37. The molecule has 1 saturated heterocycles. The molecule has 0 radical (unpaired) electrons. The Bertz CT molecular complexity index is 745. The van der Waals surface area contributed by atoms with Crippen LogP contribution in [0.3, 0.4) is 0 Å². The molecule has 0 spiro atoms. The van der Waals surface area contributed by atoms with Crippen LogP contribution in [-0.4, -0.2) is 99.5 Å². The second-order valence-corrected chi connectivity index (χ2v) is 8.34. The third-order valence-corrected chi connectivity index (χ3v) is 5.61. The molecule has 2 fully saturated rings. The van der Waals surface area contributed by atoms with Crippen molar-refractivity contribution in [2.45, 2.75) is 69.4 Å². The Balaban J connectivity index is 2.31. The molecule has 1 heterocycles. The van der Waals surface area contributed by atoms with Gasteiger partial charge in [0.15, 0.2) is 6.29 Å². The maximum Gasteiger partial charge on any atom is 0.399 e. The van der Waals surface area contributed by atoms with Gasteiger partial charge in [0, 0.05) is 6.92 Å². The highest BCUT2D eigenvalue weighted by molar-refractivity contribution is 7.80. The first-order valence-electron chi connectivity index (χ1n) is 8.91. The molecule has 0 aromatic rings. The van der Waals surface area contributed by atoms with Crippen molar-refractivity contribution < 1.29 is 61.7 Å². The first-order chi connectivity index (χ1) is 13.7. The predicted molar refractivity (Wildman–Crippen MR) is 92.7 cm³/mol. The number of carbonyl (C=O) groups excluding carboxylic acids is 1. The van der Waals surface area contributed by atoms with Crippen molar-refractivity contribution in [3.63, 3.8) is 0 Å². The van der Waals surface area contributed by atoms with Crippen molar-refractivity contribution in [2.75, 3.05) is 0 Å². The number of rotatable bonds is 6. The summed E-state index contributed by atoms with van der Waals surface area (Å²) in [5, 5.41) is 52.6. The molecule has 2 rings (SSSR count). The van der Waals surface area contributed by atoms with Crippen molar-refractivity contribution in [3.05, 3.63) is 0 Å². The van der Waals surface area contributed by atoms with Crippen LogP contribution in [0.4, 0.5) is 0 Å². The summed E-state index contributed by atoms with van der Waals surface area (Å²) in [5.74, 6) is -3.91. The van der Waals surface area contributed by atoms with E-state index < -0.39 is 83.3 Å². The summed E-state index contributed by atoms with van der Waals surface area (Å²) >= 11 is 0. The lowest BCUT2D eigenvalue weighted by Gasteiger charge is -2.46. The Labute approximate surface area is 171 Å². The van der Waals surface area contributed by atoms with E-state index in [1.807, 2.05) is 0 Å². The highest BCUT2D eigenvalue weighted by Gasteiger charge is 2.52. The first kappa shape index (κ1) is 24.8. The van der Waals surface area contributed by atoms with Gasteiger partial charge in [-0.15, -0.1) is 0 Å². The molecule has 30 heavy (non-hydrogen) atoms. The molecule has 0 aromatic carbocycles. The Hall–Kier alpha value is -1.43. The number of ether oxygens (including phenoxy) is 2. The van der Waals surface area contributed by atoms with Crippen LogP contribution < -0.4 is 5.32 Å². The maximum atomic E-state index is 11.5. The van der Waals surface area contributed by atoms with E-state index in [0.717, 1.165) is 6.92 Å². The summed E-state index contributed by atoms with van der Waals surface area (Å²) < 4.78 is 45.2. The number of amides is 1. The van der Waals surface area contributed by atoms with Crippen molar-refractivity contribution in [1.82, 2.24) is 5.32 Å². The zero-order valence-corrected chi connectivity index (χ0v) is 16.7. The van der Waals surface area contributed by atoms with Gasteiger partial charge in [0.25, 0.3) is 0 Å². The molecule has 7 N–H and O–H groups in total. The Kier molecular flexibility index (Phi) is 7.76. The molecule has 0 bridgehead atoms. The normalized spacial score (nSPS) is 42.5. The molecule has 0 aromatic heterocycles. The first-order valence-corrected chi connectivity index (χ1v) is 10.3. The van der Waals surface area contributed by atoms with E-state index >= 15 is 0 Å². The van der Waals surface area contributed by atoms with Gasteiger partial charge in [-0.25, -0.2) is 4.18 Å². The lowest BCUT2D eigenvalue weighted by atomic mass is 9.75. The molecule has 1 aliphatic carbocycles. The van der Waals surface area contributed by atoms with Crippen LogP contribution in [0.25, 0.3) is 0 Å². The zero-order valence-electron chi connectivity index (χ0n) is 15.9. The van der Waals surface area contributed by atoms with Gasteiger partial charge in [-0.05, 0) is 12.3 Å². The fraction of sp³-hybridized carbons (Fsp3) is 0.867. The van der Waals surface area contributed by atoms with Crippen LogP contribution >= 0.6 is 0 Å². The molecule has 1 amide bonds. The molecule has 10 unspecified atom stereocenters. The lowest BCUT2D eigenvalue weighted by Crippen LogP contribution is -2.66. The molecule has 1 saturated carbocycles. The van der Waals surface area contributed by atoms with Crippen molar-refractivity contribution in [2.24, 2.45) is 11.8 Å². The third kappa shape index (κ3) is 5.63. The smallest absolute Gasteiger partial charge is 0.399 e. The summed E-state index contributed by atoms with van der Waals surface area (Å²) in [4.78, 5) is 22.9. The summed E-state index contributed by atoms with van der Waals surface area (Å²) in [7, 11) is -5.13. The van der Waals surface area contributed by atoms with Gasteiger partial charge >= 0.3 is 16.4 Å². The van der Waals surface area contributed by atoms with Crippen LogP contribution in [0.1, 0.15) is 20.3 Å². The fourth-order valence-corrected chi connectivity index (χ4v) is 4.02. The number of carboxylic acids is 1.